The molecule has 0 aromatic carbocycles. The summed E-state index contributed by atoms with van der Waals surface area (Å²) in [5, 5.41) is 0. The van der Waals surface area contributed by atoms with Crippen LogP contribution in [-0.4, -0.2) is 90.9 Å². The van der Waals surface area contributed by atoms with E-state index >= 15 is 0 Å². The Labute approximate surface area is 265 Å². The van der Waals surface area contributed by atoms with E-state index in [2.05, 4.69) is 6.92 Å². The van der Waals surface area contributed by atoms with Gasteiger partial charge in [-0.1, -0.05) is 103 Å². The molecule has 0 aliphatic heterocycles. The van der Waals surface area contributed by atoms with Crippen molar-refractivity contribution in [3.63, 3.8) is 0 Å². The smallest absolute Gasteiger partial charge is 0.308 e. The maximum Gasteiger partial charge on any atom is 0.308 e. The number of ether oxygens (including phenoxy) is 7. The van der Waals surface area contributed by atoms with E-state index in [9.17, 15) is 4.79 Å². The van der Waals surface area contributed by atoms with E-state index in [0.717, 1.165) is 13.0 Å². The second-order valence-electron chi connectivity index (χ2n) is 12.3. The number of carbonyl (C=O) groups is 1. The molecule has 8 heteroatoms. The van der Waals surface area contributed by atoms with Crippen LogP contribution in [0.25, 0.3) is 0 Å². The summed E-state index contributed by atoms with van der Waals surface area (Å²) in [4.78, 5) is 11.6. The Morgan fingerprint density at radius 3 is 1.00 bits per heavy atom. The zero-order valence-electron chi connectivity index (χ0n) is 28.8. The number of hydrogen-bond donors (Lipinski definition) is 0. The minimum absolute atomic E-state index is 0.249. The Bertz CT molecular complexity index is 552. The molecule has 0 saturated carbocycles. The Kier molecular flexibility index (Phi) is 33.5. The zero-order chi connectivity index (χ0) is 31.5. The second kappa shape index (κ2) is 34.1. The van der Waals surface area contributed by atoms with Gasteiger partial charge in [-0.15, -0.1) is 0 Å². The maximum absolute atomic E-state index is 11.6. The first-order chi connectivity index (χ1) is 21.0. The average Bonchev–Trinajstić information content (AvgIpc) is 2.96. The number of rotatable bonds is 35. The van der Waals surface area contributed by atoms with Crippen LogP contribution in [0.1, 0.15) is 137 Å². The number of esters is 1. The van der Waals surface area contributed by atoms with Gasteiger partial charge in [0.25, 0.3) is 0 Å². The van der Waals surface area contributed by atoms with Crippen LogP contribution in [-0.2, 0) is 38.0 Å². The second-order valence-corrected chi connectivity index (χ2v) is 12.3. The third-order valence-corrected chi connectivity index (χ3v) is 6.87. The highest BCUT2D eigenvalue weighted by Gasteiger charge is 2.15. The van der Waals surface area contributed by atoms with E-state index in [1.54, 1.807) is 0 Å². The molecule has 0 atom stereocenters. The van der Waals surface area contributed by atoms with Crippen LogP contribution in [0.2, 0.25) is 0 Å². The fourth-order valence-corrected chi connectivity index (χ4v) is 4.50. The van der Waals surface area contributed by atoms with Crippen molar-refractivity contribution in [2.24, 2.45) is 0 Å². The zero-order valence-corrected chi connectivity index (χ0v) is 28.8. The number of hydrogen-bond acceptors (Lipinski definition) is 8. The molecule has 0 heterocycles. The quantitative estimate of drug-likeness (QED) is 0.0521. The molecule has 0 aliphatic carbocycles. The molecule has 0 unspecified atom stereocenters. The summed E-state index contributed by atoms with van der Waals surface area (Å²) in [7, 11) is 0. The van der Waals surface area contributed by atoms with Gasteiger partial charge >= 0.3 is 5.97 Å². The first-order valence-electron chi connectivity index (χ1n) is 17.6. The van der Waals surface area contributed by atoms with E-state index in [1.165, 1.54) is 96.3 Å². The summed E-state index contributed by atoms with van der Waals surface area (Å²) in [5.74, 6) is -0.250. The van der Waals surface area contributed by atoms with Crippen molar-refractivity contribution < 1.29 is 38.0 Å². The third-order valence-electron chi connectivity index (χ3n) is 6.87. The van der Waals surface area contributed by atoms with Gasteiger partial charge in [-0.05, 0) is 27.2 Å². The van der Waals surface area contributed by atoms with Crippen molar-refractivity contribution in [1.82, 2.24) is 0 Å². The van der Waals surface area contributed by atoms with E-state index < -0.39 is 5.60 Å². The Balaban J connectivity index is 3.09. The predicted octanol–water partition coefficient (Wildman–Crippen LogP) is 8.08. The van der Waals surface area contributed by atoms with Gasteiger partial charge in [0.1, 0.15) is 5.60 Å². The molecule has 0 bridgehead atoms. The Hall–Kier alpha value is -0.770. The van der Waals surface area contributed by atoms with Gasteiger partial charge in [0.05, 0.1) is 79.1 Å². The van der Waals surface area contributed by atoms with Gasteiger partial charge in [-0.2, -0.15) is 0 Å². The standard InChI is InChI=1S/C35H70O8/c1-5-6-7-8-9-10-11-12-13-14-15-16-17-18-19-20-22-37-24-26-39-28-30-41-32-33-42-31-29-40-27-25-38-23-21-34(36)43-35(2,3)4/h5-33H2,1-4H3. The monoisotopic (exact) mass is 619 g/mol. The minimum atomic E-state index is -0.459. The highest BCUT2D eigenvalue weighted by atomic mass is 16.6. The van der Waals surface area contributed by atoms with Gasteiger partial charge in [0.2, 0.25) is 0 Å². The van der Waals surface area contributed by atoms with Crippen LogP contribution in [0.4, 0.5) is 0 Å². The maximum atomic E-state index is 11.6. The molecule has 0 aromatic rings. The Morgan fingerprint density at radius 2 is 0.674 bits per heavy atom. The SMILES string of the molecule is CCCCCCCCCCCCCCCCCCOCCOCCOCCOCCOCCOCCC(=O)OC(C)(C)C. The molecule has 258 valence electrons. The highest BCUT2D eigenvalue weighted by Crippen LogP contribution is 2.13. The lowest BCUT2D eigenvalue weighted by atomic mass is 10.0. The first kappa shape index (κ1) is 42.2. The van der Waals surface area contributed by atoms with E-state index in [0.29, 0.717) is 72.7 Å². The Morgan fingerprint density at radius 1 is 0.395 bits per heavy atom. The normalized spacial score (nSPS) is 11.8. The van der Waals surface area contributed by atoms with E-state index in [1.807, 2.05) is 20.8 Å². The van der Waals surface area contributed by atoms with Crippen molar-refractivity contribution in [1.29, 1.82) is 0 Å². The lowest BCUT2D eigenvalue weighted by Gasteiger charge is -2.19. The summed E-state index contributed by atoms with van der Waals surface area (Å²) in [6, 6.07) is 0. The molecule has 0 rings (SSSR count). The largest absolute Gasteiger partial charge is 0.460 e. The molecule has 0 N–H and O–H groups in total. The van der Waals surface area contributed by atoms with Crippen molar-refractivity contribution in [2.45, 2.75) is 142 Å². The molecule has 43 heavy (non-hydrogen) atoms. The van der Waals surface area contributed by atoms with Gasteiger partial charge in [0.15, 0.2) is 0 Å². The summed E-state index contributed by atoms with van der Waals surface area (Å²) in [6.45, 7) is 14.4. The van der Waals surface area contributed by atoms with Crippen molar-refractivity contribution in [3.05, 3.63) is 0 Å². The van der Waals surface area contributed by atoms with Gasteiger partial charge in [-0.3, -0.25) is 4.79 Å². The topological polar surface area (TPSA) is 81.7 Å². The van der Waals surface area contributed by atoms with Gasteiger partial charge in [0, 0.05) is 6.61 Å². The molecule has 0 fully saturated rings. The first-order valence-corrected chi connectivity index (χ1v) is 17.6. The molecule has 0 aromatic heterocycles. The summed E-state index contributed by atoms with van der Waals surface area (Å²) >= 11 is 0. The lowest BCUT2D eigenvalue weighted by molar-refractivity contribution is -0.156. The molecule has 0 aliphatic rings. The van der Waals surface area contributed by atoms with Crippen molar-refractivity contribution in [2.75, 3.05) is 79.3 Å². The summed E-state index contributed by atoms with van der Waals surface area (Å²) in [6.07, 6.45) is 22.4. The van der Waals surface area contributed by atoms with Crippen molar-refractivity contribution >= 4 is 5.97 Å². The van der Waals surface area contributed by atoms with E-state index in [4.69, 9.17) is 33.2 Å². The van der Waals surface area contributed by atoms with Crippen LogP contribution in [0.15, 0.2) is 0 Å². The van der Waals surface area contributed by atoms with Crippen LogP contribution < -0.4 is 0 Å². The molecule has 0 amide bonds. The van der Waals surface area contributed by atoms with Crippen molar-refractivity contribution in [3.8, 4) is 0 Å². The fraction of sp³-hybridized carbons (Fsp3) is 0.971. The predicted molar refractivity (Wildman–Crippen MR) is 175 cm³/mol. The molecular formula is C35H70O8. The summed E-state index contributed by atoms with van der Waals surface area (Å²) < 4.78 is 38.3. The average molecular weight is 619 g/mol. The lowest BCUT2D eigenvalue weighted by Crippen LogP contribution is -2.24. The van der Waals surface area contributed by atoms with Crippen LogP contribution in [0.5, 0.6) is 0 Å². The number of carbonyl (C=O) groups excluding carboxylic acids is 1. The molecule has 0 radical (unpaired) electrons. The van der Waals surface area contributed by atoms with Crippen LogP contribution >= 0.6 is 0 Å². The number of unbranched alkanes of at least 4 members (excludes halogenated alkanes) is 15. The highest BCUT2D eigenvalue weighted by molar-refractivity contribution is 5.69. The molecule has 0 saturated heterocycles. The molecule has 8 nitrogen and oxygen atoms in total. The fourth-order valence-electron chi connectivity index (χ4n) is 4.50. The van der Waals surface area contributed by atoms with Crippen LogP contribution in [0, 0.1) is 0 Å². The van der Waals surface area contributed by atoms with Gasteiger partial charge < -0.3 is 33.2 Å². The van der Waals surface area contributed by atoms with Crippen LogP contribution in [0.3, 0.4) is 0 Å². The molecular weight excluding hydrogens is 548 g/mol. The molecule has 0 spiro atoms. The van der Waals surface area contributed by atoms with E-state index in [-0.39, 0.29) is 12.4 Å². The third kappa shape index (κ3) is 39.2. The minimum Gasteiger partial charge on any atom is -0.460 e. The van der Waals surface area contributed by atoms with Gasteiger partial charge in [-0.25, -0.2) is 0 Å². The summed E-state index contributed by atoms with van der Waals surface area (Å²) in [5.41, 5.74) is -0.459.